The first-order valence-electron chi connectivity index (χ1n) is 8.23. The van der Waals surface area contributed by atoms with Gasteiger partial charge in [-0.2, -0.15) is 0 Å². The van der Waals surface area contributed by atoms with Crippen LogP contribution in [0.25, 0.3) is 0 Å². The Morgan fingerprint density at radius 2 is 1.74 bits per heavy atom. The summed E-state index contributed by atoms with van der Waals surface area (Å²) in [5, 5.41) is 3.01. The number of nitrogens with one attached hydrogen (secondary N) is 1. The van der Waals surface area contributed by atoms with Gasteiger partial charge in [-0.1, -0.05) is 38.8 Å². The Kier molecular flexibility index (Phi) is 4.20. The van der Waals surface area contributed by atoms with E-state index in [1.807, 2.05) is 0 Å². The fourth-order valence-corrected chi connectivity index (χ4v) is 3.56. The highest BCUT2D eigenvalue weighted by atomic mass is 16.2. The third-order valence-electron chi connectivity index (χ3n) is 5.23. The molecule has 1 aliphatic carbocycles. The van der Waals surface area contributed by atoms with Crippen LogP contribution in [0.1, 0.15) is 53.8 Å². The first kappa shape index (κ1) is 15.7. The molecule has 0 bridgehead atoms. The van der Waals surface area contributed by atoms with Gasteiger partial charge in [-0.3, -0.25) is 19.3 Å². The molecule has 1 N–H and O–H groups in total. The number of hydrogen-bond donors (Lipinski definition) is 1. The molecule has 1 aromatic carbocycles. The molecule has 1 heterocycles. The highest BCUT2D eigenvalue weighted by Gasteiger charge is 2.37. The second-order valence-electron chi connectivity index (χ2n) is 6.68. The maximum atomic E-state index is 12.3. The Morgan fingerprint density at radius 3 is 2.35 bits per heavy atom. The standard InChI is InChI=1S/C18H22N2O3/c1-11-6-5-9-15(12(11)2)19-16(21)10-20-17(22)13-7-3-4-8-14(13)18(20)23/h3-4,7-8,11-12,15H,5-6,9-10H2,1-2H3,(H,19,21). The van der Waals surface area contributed by atoms with Crippen molar-refractivity contribution in [1.82, 2.24) is 10.2 Å². The van der Waals surface area contributed by atoms with Crippen molar-refractivity contribution in [2.75, 3.05) is 6.54 Å². The Hall–Kier alpha value is -2.17. The number of hydrogen-bond acceptors (Lipinski definition) is 3. The van der Waals surface area contributed by atoms with E-state index in [0.717, 1.165) is 17.7 Å². The molecule has 23 heavy (non-hydrogen) atoms. The van der Waals surface area contributed by atoms with Crippen LogP contribution in [0.3, 0.4) is 0 Å². The molecule has 1 fully saturated rings. The van der Waals surface area contributed by atoms with Gasteiger partial charge in [-0.15, -0.1) is 0 Å². The van der Waals surface area contributed by atoms with Gasteiger partial charge in [0.05, 0.1) is 11.1 Å². The summed E-state index contributed by atoms with van der Waals surface area (Å²) in [5.74, 6) is -0.0367. The predicted molar refractivity (Wildman–Crippen MR) is 85.9 cm³/mol. The van der Waals surface area contributed by atoms with Gasteiger partial charge in [0.25, 0.3) is 11.8 Å². The van der Waals surface area contributed by atoms with Crippen molar-refractivity contribution in [3.05, 3.63) is 35.4 Å². The summed E-state index contributed by atoms with van der Waals surface area (Å²) in [5.41, 5.74) is 0.759. The summed E-state index contributed by atoms with van der Waals surface area (Å²) in [6, 6.07) is 6.81. The third kappa shape index (κ3) is 2.87. The summed E-state index contributed by atoms with van der Waals surface area (Å²) in [6.45, 7) is 4.15. The predicted octanol–water partition coefficient (Wildman–Crippen LogP) is 2.22. The van der Waals surface area contributed by atoms with Crippen LogP contribution < -0.4 is 5.32 Å². The van der Waals surface area contributed by atoms with Gasteiger partial charge in [-0.25, -0.2) is 0 Å². The molecular formula is C18H22N2O3. The Labute approximate surface area is 136 Å². The number of carbonyl (C=O) groups is 3. The van der Waals surface area contributed by atoms with Crippen LogP contribution in [0.15, 0.2) is 24.3 Å². The van der Waals surface area contributed by atoms with Gasteiger partial charge in [0.1, 0.15) is 6.54 Å². The lowest BCUT2D eigenvalue weighted by atomic mass is 9.78. The van der Waals surface area contributed by atoms with Gasteiger partial charge in [0.2, 0.25) is 5.91 Å². The molecule has 5 heteroatoms. The number of nitrogens with zero attached hydrogens (tertiary/aromatic N) is 1. The van der Waals surface area contributed by atoms with Crippen LogP contribution >= 0.6 is 0 Å². The smallest absolute Gasteiger partial charge is 0.262 e. The second kappa shape index (κ2) is 6.14. The van der Waals surface area contributed by atoms with Gasteiger partial charge in [0.15, 0.2) is 0 Å². The van der Waals surface area contributed by atoms with E-state index in [4.69, 9.17) is 0 Å². The SMILES string of the molecule is CC1CCCC(NC(=O)CN2C(=O)c3ccccc3C2=O)C1C. The lowest BCUT2D eigenvalue weighted by molar-refractivity contribution is -0.122. The zero-order valence-corrected chi connectivity index (χ0v) is 13.5. The van der Waals surface area contributed by atoms with Crippen molar-refractivity contribution < 1.29 is 14.4 Å². The normalized spacial score (nSPS) is 27.0. The van der Waals surface area contributed by atoms with Crippen LogP contribution in [-0.4, -0.2) is 35.2 Å². The van der Waals surface area contributed by atoms with E-state index in [0.29, 0.717) is 23.0 Å². The van der Waals surface area contributed by atoms with Crippen molar-refractivity contribution in [2.45, 2.75) is 39.2 Å². The van der Waals surface area contributed by atoms with Crippen molar-refractivity contribution >= 4 is 17.7 Å². The fourth-order valence-electron chi connectivity index (χ4n) is 3.56. The molecule has 3 atom stereocenters. The van der Waals surface area contributed by atoms with E-state index >= 15 is 0 Å². The van der Waals surface area contributed by atoms with Crippen LogP contribution in [0.4, 0.5) is 0 Å². The zero-order chi connectivity index (χ0) is 16.6. The summed E-state index contributed by atoms with van der Waals surface area (Å²) in [4.78, 5) is 37.9. The van der Waals surface area contributed by atoms with Crippen LogP contribution in [0, 0.1) is 11.8 Å². The summed E-state index contributed by atoms with van der Waals surface area (Å²) in [6.07, 6.45) is 3.24. The molecule has 122 valence electrons. The average molecular weight is 314 g/mol. The second-order valence-corrected chi connectivity index (χ2v) is 6.68. The number of benzene rings is 1. The van der Waals surface area contributed by atoms with E-state index < -0.39 is 0 Å². The third-order valence-corrected chi connectivity index (χ3v) is 5.23. The number of carbonyl (C=O) groups excluding carboxylic acids is 3. The average Bonchev–Trinajstić information content (AvgIpc) is 2.77. The van der Waals surface area contributed by atoms with E-state index in [2.05, 4.69) is 19.2 Å². The topological polar surface area (TPSA) is 66.5 Å². The van der Waals surface area contributed by atoms with Gasteiger partial charge in [0, 0.05) is 6.04 Å². The molecule has 1 saturated carbocycles. The first-order chi connectivity index (χ1) is 11.0. The Morgan fingerprint density at radius 1 is 1.13 bits per heavy atom. The fraction of sp³-hybridized carbons (Fsp3) is 0.500. The van der Waals surface area contributed by atoms with Crippen LogP contribution in [0.2, 0.25) is 0 Å². The van der Waals surface area contributed by atoms with E-state index in [-0.39, 0.29) is 30.3 Å². The van der Waals surface area contributed by atoms with Crippen LogP contribution in [-0.2, 0) is 4.79 Å². The maximum Gasteiger partial charge on any atom is 0.262 e. The Bertz CT molecular complexity index is 620. The highest BCUT2D eigenvalue weighted by Crippen LogP contribution is 2.29. The van der Waals surface area contributed by atoms with Crippen molar-refractivity contribution in [3.63, 3.8) is 0 Å². The monoisotopic (exact) mass is 314 g/mol. The molecule has 0 radical (unpaired) electrons. The number of imide groups is 1. The molecule has 1 aliphatic heterocycles. The van der Waals surface area contributed by atoms with E-state index in [1.54, 1.807) is 24.3 Å². The quantitative estimate of drug-likeness (QED) is 0.870. The molecule has 3 rings (SSSR count). The largest absolute Gasteiger partial charge is 0.352 e. The molecule has 0 saturated heterocycles. The minimum atomic E-state index is -0.384. The molecule has 0 spiro atoms. The number of amides is 3. The van der Waals surface area contributed by atoms with Gasteiger partial charge < -0.3 is 5.32 Å². The van der Waals surface area contributed by atoms with Crippen molar-refractivity contribution in [2.24, 2.45) is 11.8 Å². The molecule has 3 amide bonds. The number of rotatable bonds is 3. The first-order valence-corrected chi connectivity index (χ1v) is 8.23. The van der Waals surface area contributed by atoms with Gasteiger partial charge >= 0.3 is 0 Å². The molecule has 3 unspecified atom stereocenters. The summed E-state index contributed by atoms with van der Waals surface area (Å²) >= 11 is 0. The van der Waals surface area contributed by atoms with Gasteiger partial charge in [-0.05, 0) is 30.4 Å². The lowest BCUT2D eigenvalue weighted by Gasteiger charge is -2.34. The minimum absolute atomic E-state index is 0.126. The Balaban J connectivity index is 1.65. The molecular weight excluding hydrogens is 292 g/mol. The zero-order valence-electron chi connectivity index (χ0n) is 13.5. The number of fused-ring (bicyclic) bond motifs is 1. The minimum Gasteiger partial charge on any atom is -0.352 e. The van der Waals surface area contributed by atoms with E-state index in [1.165, 1.54) is 6.42 Å². The maximum absolute atomic E-state index is 12.3. The van der Waals surface area contributed by atoms with Crippen molar-refractivity contribution in [3.8, 4) is 0 Å². The van der Waals surface area contributed by atoms with Crippen molar-refractivity contribution in [1.29, 1.82) is 0 Å². The summed E-state index contributed by atoms with van der Waals surface area (Å²) < 4.78 is 0. The van der Waals surface area contributed by atoms with Crippen LogP contribution in [0.5, 0.6) is 0 Å². The highest BCUT2D eigenvalue weighted by molar-refractivity contribution is 6.22. The van der Waals surface area contributed by atoms with E-state index in [9.17, 15) is 14.4 Å². The lowest BCUT2D eigenvalue weighted by Crippen LogP contribution is -2.48. The molecule has 0 aromatic heterocycles. The molecule has 1 aromatic rings. The molecule has 2 aliphatic rings. The summed E-state index contributed by atoms with van der Waals surface area (Å²) in [7, 11) is 0. The molecule has 5 nitrogen and oxygen atoms in total.